The van der Waals surface area contributed by atoms with Gasteiger partial charge in [0, 0.05) is 18.7 Å². The predicted octanol–water partition coefficient (Wildman–Crippen LogP) is 3.70. The number of carbonyl (C=O) groups is 1. The average Bonchev–Trinajstić information content (AvgIpc) is 2.52. The molecule has 0 saturated carbocycles. The second kappa shape index (κ2) is 6.92. The van der Waals surface area contributed by atoms with E-state index in [4.69, 9.17) is 4.74 Å². The number of phenolic OH excluding ortho intramolecular Hbond substituents is 2. The molecular weight excluding hydrogens is 325 g/mol. The minimum absolute atomic E-state index is 0.0147. The Kier molecular flexibility index (Phi) is 5.14. The molecule has 0 unspecified atom stereocenters. The Morgan fingerprint density at radius 3 is 2.29 bits per heavy atom. The highest BCUT2D eigenvalue weighted by atomic mass is 19.4. The fourth-order valence-corrected chi connectivity index (χ4v) is 2.48. The number of benzene rings is 2. The number of carbonyl (C=O) groups excluding carboxylic acids is 1. The summed E-state index contributed by atoms with van der Waals surface area (Å²) in [5.41, 5.74) is -0.477. The topological polar surface area (TPSA) is 66.8 Å². The van der Waals surface area contributed by atoms with Crippen LogP contribution in [0, 0.1) is 0 Å². The van der Waals surface area contributed by atoms with Gasteiger partial charge in [0.05, 0.1) is 12.2 Å². The van der Waals surface area contributed by atoms with Gasteiger partial charge < -0.3 is 14.9 Å². The van der Waals surface area contributed by atoms with Crippen LogP contribution in [0.1, 0.15) is 15.9 Å². The van der Waals surface area contributed by atoms with Crippen molar-refractivity contribution in [3.8, 4) is 22.6 Å². The minimum Gasteiger partial charge on any atom is -0.507 e. The minimum atomic E-state index is -5.15. The smallest absolute Gasteiger partial charge is 0.455 e. The van der Waals surface area contributed by atoms with Crippen molar-refractivity contribution < 1.29 is 32.9 Å². The largest absolute Gasteiger partial charge is 0.507 e. The Bertz CT molecular complexity index is 740. The highest BCUT2D eigenvalue weighted by Gasteiger charge is 2.42. The van der Waals surface area contributed by atoms with Crippen LogP contribution in [-0.4, -0.2) is 35.9 Å². The van der Waals surface area contributed by atoms with Crippen LogP contribution >= 0.6 is 0 Å². The molecule has 0 aliphatic carbocycles. The van der Waals surface area contributed by atoms with Gasteiger partial charge in [0.1, 0.15) is 11.5 Å². The first-order valence-corrected chi connectivity index (χ1v) is 7.01. The van der Waals surface area contributed by atoms with E-state index >= 15 is 0 Å². The van der Waals surface area contributed by atoms with E-state index in [-0.39, 0.29) is 24.2 Å². The number of alkyl halides is 3. The van der Waals surface area contributed by atoms with E-state index in [2.05, 4.69) is 0 Å². The third-order valence-corrected chi connectivity index (χ3v) is 3.49. The van der Waals surface area contributed by atoms with Crippen molar-refractivity contribution in [2.24, 2.45) is 0 Å². The zero-order valence-corrected chi connectivity index (χ0v) is 12.7. The molecule has 0 aromatic heterocycles. The van der Waals surface area contributed by atoms with Crippen molar-refractivity contribution in [2.45, 2.75) is 12.6 Å². The molecule has 0 aliphatic heterocycles. The molecule has 0 radical (unpaired) electrons. The molecule has 24 heavy (non-hydrogen) atoms. The van der Waals surface area contributed by atoms with Crippen molar-refractivity contribution in [2.75, 3.05) is 13.7 Å². The third kappa shape index (κ3) is 3.51. The van der Waals surface area contributed by atoms with Gasteiger partial charge >= 0.3 is 6.18 Å². The van der Waals surface area contributed by atoms with Gasteiger partial charge in [-0.1, -0.05) is 30.3 Å². The van der Waals surface area contributed by atoms with Gasteiger partial charge in [0.15, 0.2) is 0 Å². The van der Waals surface area contributed by atoms with Crippen LogP contribution in [0.2, 0.25) is 0 Å². The lowest BCUT2D eigenvalue weighted by Crippen LogP contribution is -2.25. The van der Waals surface area contributed by atoms with Crippen molar-refractivity contribution in [3.05, 3.63) is 47.5 Å². The molecule has 2 N–H and O–H groups in total. The first-order valence-electron chi connectivity index (χ1n) is 7.01. The van der Waals surface area contributed by atoms with E-state index in [1.807, 2.05) is 0 Å². The van der Waals surface area contributed by atoms with Crippen LogP contribution in [0.4, 0.5) is 13.2 Å². The number of rotatable bonds is 5. The van der Waals surface area contributed by atoms with Gasteiger partial charge in [-0.15, -0.1) is 0 Å². The molecular formula is C17H15F3O4. The van der Waals surface area contributed by atoms with Crippen molar-refractivity contribution >= 4 is 5.78 Å². The van der Waals surface area contributed by atoms with Gasteiger partial charge in [-0.2, -0.15) is 13.2 Å². The SMILES string of the molecule is COCCc1c(C(=O)C(F)(F)F)c(O)cc(O)c1-c1ccccc1. The number of halogens is 3. The van der Waals surface area contributed by atoms with Crippen molar-refractivity contribution in [3.63, 3.8) is 0 Å². The summed E-state index contributed by atoms with van der Waals surface area (Å²) in [5.74, 6) is -3.49. The molecule has 0 spiro atoms. The molecule has 0 amide bonds. The van der Waals surface area contributed by atoms with Gasteiger partial charge in [-0.25, -0.2) is 0 Å². The van der Waals surface area contributed by atoms with Gasteiger partial charge in [-0.05, 0) is 17.5 Å². The average molecular weight is 340 g/mol. The van der Waals surface area contributed by atoms with Crippen LogP contribution in [0.15, 0.2) is 36.4 Å². The maximum absolute atomic E-state index is 12.9. The molecule has 0 bridgehead atoms. The maximum atomic E-state index is 12.9. The number of hydrogen-bond acceptors (Lipinski definition) is 4. The molecule has 0 atom stereocenters. The number of ether oxygens (including phenoxy) is 1. The first-order chi connectivity index (χ1) is 11.3. The van der Waals surface area contributed by atoms with Crippen LogP contribution in [-0.2, 0) is 11.2 Å². The first kappa shape index (κ1) is 17.8. The number of methoxy groups -OCH3 is 1. The summed E-state index contributed by atoms with van der Waals surface area (Å²) in [5, 5.41) is 20.0. The summed E-state index contributed by atoms with van der Waals surface area (Å²) >= 11 is 0. The predicted molar refractivity (Wildman–Crippen MR) is 81.2 cm³/mol. The molecule has 2 rings (SSSR count). The molecule has 2 aromatic rings. The highest BCUT2D eigenvalue weighted by Crippen LogP contribution is 2.41. The maximum Gasteiger partial charge on any atom is 0.455 e. The van der Waals surface area contributed by atoms with Crippen molar-refractivity contribution in [1.29, 1.82) is 0 Å². The Morgan fingerprint density at radius 2 is 1.75 bits per heavy atom. The third-order valence-electron chi connectivity index (χ3n) is 3.49. The van der Waals surface area contributed by atoms with E-state index in [1.54, 1.807) is 30.3 Å². The van der Waals surface area contributed by atoms with Crippen LogP contribution < -0.4 is 0 Å². The summed E-state index contributed by atoms with van der Waals surface area (Å²) in [7, 11) is 1.36. The van der Waals surface area contributed by atoms with Gasteiger partial charge in [-0.3, -0.25) is 4.79 Å². The number of aromatic hydroxyl groups is 2. The molecule has 7 heteroatoms. The Hall–Kier alpha value is -2.54. The fraction of sp³-hybridized carbons (Fsp3) is 0.235. The Balaban J connectivity index is 2.77. The molecule has 2 aromatic carbocycles. The molecule has 128 valence electrons. The summed E-state index contributed by atoms with van der Waals surface area (Å²) in [6, 6.07) is 8.92. The van der Waals surface area contributed by atoms with Gasteiger partial charge in [0.2, 0.25) is 0 Å². The number of ketones is 1. The molecule has 0 saturated heterocycles. The molecule has 0 fully saturated rings. The lowest BCUT2D eigenvalue weighted by atomic mass is 9.90. The molecule has 0 heterocycles. The zero-order chi connectivity index (χ0) is 17.9. The number of hydrogen-bond donors (Lipinski definition) is 2. The van der Waals surface area contributed by atoms with Crippen LogP contribution in [0.5, 0.6) is 11.5 Å². The van der Waals surface area contributed by atoms with E-state index in [1.165, 1.54) is 7.11 Å². The summed E-state index contributed by atoms with van der Waals surface area (Å²) < 4.78 is 43.6. The molecule has 4 nitrogen and oxygen atoms in total. The second-order valence-corrected chi connectivity index (χ2v) is 5.08. The second-order valence-electron chi connectivity index (χ2n) is 5.08. The summed E-state index contributed by atoms with van der Waals surface area (Å²) in [4.78, 5) is 11.8. The highest BCUT2D eigenvalue weighted by molar-refractivity contribution is 6.05. The quantitative estimate of drug-likeness (QED) is 0.815. The van der Waals surface area contributed by atoms with E-state index in [0.717, 1.165) is 6.07 Å². The van der Waals surface area contributed by atoms with Gasteiger partial charge in [0.25, 0.3) is 5.78 Å². The van der Waals surface area contributed by atoms with Crippen LogP contribution in [0.25, 0.3) is 11.1 Å². The van der Waals surface area contributed by atoms with Crippen LogP contribution in [0.3, 0.4) is 0 Å². The Labute approximate surface area is 136 Å². The lowest BCUT2D eigenvalue weighted by molar-refractivity contribution is -0.0887. The Morgan fingerprint density at radius 1 is 1.12 bits per heavy atom. The van der Waals surface area contributed by atoms with E-state index in [0.29, 0.717) is 5.56 Å². The normalized spacial score (nSPS) is 11.5. The fourth-order valence-electron chi connectivity index (χ4n) is 2.48. The molecule has 0 aliphatic rings. The standard InChI is InChI=1S/C17H15F3O4/c1-24-8-7-11-14(10-5-3-2-4-6-10)12(21)9-13(22)15(11)16(23)17(18,19)20/h2-6,9,21-22H,7-8H2,1H3. The van der Waals surface area contributed by atoms with Crippen molar-refractivity contribution in [1.82, 2.24) is 0 Å². The zero-order valence-electron chi connectivity index (χ0n) is 12.7. The van der Waals surface area contributed by atoms with E-state index < -0.39 is 29.0 Å². The number of phenols is 2. The summed E-state index contributed by atoms with van der Waals surface area (Å²) in [6.45, 7) is 0.0147. The summed E-state index contributed by atoms with van der Waals surface area (Å²) in [6.07, 6.45) is -5.23. The monoisotopic (exact) mass is 340 g/mol. The lowest BCUT2D eigenvalue weighted by Gasteiger charge is -2.18. The number of Topliss-reactive ketones (excluding diaryl/α,β-unsaturated/α-hetero) is 1. The van der Waals surface area contributed by atoms with E-state index in [9.17, 15) is 28.2 Å².